The summed E-state index contributed by atoms with van der Waals surface area (Å²) in [6.45, 7) is 1.62. The fourth-order valence-corrected chi connectivity index (χ4v) is 1.65. The van der Waals surface area contributed by atoms with Gasteiger partial charge in [-0.05, 0) is 11.6 Å². The van der Waals surface area contributed by atoms with Crippen molar-refractivity contribution in [2.45, 2.75) is 17.0 Å². The van der Waals surface area contributed by atoms with Gasteiger partial charge in [0, 0.05) is 13.1 Å². The highest BCUT2D eigenvalue weighted by molar-refractivity contribution is 14.1. The third-order valence-corrected chi connectivity index (χ3v) is 3.55. The summed E-state index contributed by atoms with van der Waals surface area (Å²) in [6, 6.07) is 2.80. The monoisotopic (exact) mass is 369 g/mol. The maximum atomic E-state index is 12.5. The predicted octanol–water partition coefficient (Wildman–Crippen LogP) is 3.48. The van der Waals surface area contributed by atoms with Gasteiger partial charge in [0.15, 0.2) is 0 Å². The number of pyridine rings is 1. The van der Waals surface area contributed by atoms with Crippen molar-refractivity contribution in [3.05, 3.63) is 29.8 Å². The molecule has 8 heteroatoms. The van der Waals surface area contributed by atoms with Crippen LogP contribution in [0.3, 0.4) is 0 Å². The van der Waals surface area contributed by atoms with Crippen molar-refractivity contribution in [1.82, 2.24) is 15.1 Å². The largest absolute Gasteiger partial charge is 0.404 e. The summed E-state index contributed by atoms with van der Waals surface area (Å²) in [4.78, 5) is 7.85. The first-order valence-corrected chi connectivity index (χ1v) is 6.10. The third kappa shape index (κ3) is 2.79. The van der Waals surface area contributed by atoms with Crippen LogP contribution in [-0.2, 0) is 0 Å². The molecule has 0 aliphatic carbocycles. The molecule has 18 heavy (non-hydrogen) atoms. The summed E-state index contributed by atoms with van der Waals surface area (Å²) >= 11 is 1.33. The molecule has 0 saturated carbocycles. The number of halogens is 4. The Labute approximate surface area is 114 Å². The van der Waals surface area contributed by atoms with Gasteiger partial charge in [-0.25, -0.2) is 0 Å². The van der Waals surface area contributed by atoms with Gasteiger partial charge in [-0.15, -0.1) is 0 Å². The van der Waals surface area contributed by atoms with Crippen LogP contribution in [0.5, 0.6) is 0 Å². The van der Waals surface area contributed by atoms with Gasteiger partial charge in [0.1, 0.15) is 9.62 Å². The van der Waals surface area contributed by atoms with Crippen LogP contribution in [0.1, 0.15) is 15.4 Å². The van der Waals surface area contributed by atoms with Crippen LogP contribution in [0.15, 0.2) is 22.9 Å². The molecule has 2 aromatic rings. The minimum absolute atomic E-state index is 0.0899. The van der Waals surface area contributed by atoms with E-state index in [1.165, 1.54) is 40.9 Å². The molecule has 0 aliphatic rings. The van der Waals surface area contributed by atoms with E-state index in [0.717, 1.165) is 0 Å². The zero-order valence-corrected chi connectivity index (χ0v) is 11.2. The van der Waals surface area contributed by atoms with E-state index in [4.69, 9.17) is 4.52 Å². The van der Waals surface area contributed by atoms with Crippen molar-refractivity contribution in [2.75, 3.05) is 0 Å². The van der Waals surface area contributed by atoms with E-state index in [1.54, 1.807) is 6.92 Å². The smallest absolute Gasteiger partial charge is 0.339 e. The van der Waals surface area contributed by atoms with Crippen LogP contribution < -0.4 is 0 Å². The minimum Gasteiger partial charge on any atom is -0.339 e. The van der Waals surface area contributed by atoms with Gasteiger partial charge in [-0.1, -0.05) is 33.8 Å². The van der Waals surface area contributed by atoms with Crippen LogP contribution in [0, 0.1) is 6.92 Å². The first kappa shape index (κ1) is 13.2. The van der Waals surface area contributed by atoms with Crippen LogP contribution in [0.25, 0.3) is 11.5 Å². The molecule has 0 aromatic carbocycles. The average Bonchev–Trinajstić information content (AvgIpc) is 2.74. The summed E-state index contributed by atoms with van der Waals surface area (Å²) in [5.74, 6) is 0.633. The van der Waals surface area contributed by atoms with Gasteiger partial charge >= 0.3 is 6.18 Å². The third-order valence-electron chi connectivity index (χ3n) is 2.12. The van der Waals surface area contributed by atoms with Gasteiger partial charge in [0.2, 0.25) is 11.7 Å². The standard InChI is InChI=1S/C10H7F3IN3O/c1-5-16-9(17-18-5)7-3-2-6(4-15-7)8(14)10(11,12)13/h2-4,8H,1H3. The van der Waals surface area contributed by atoms with Crippen LogP contribution in [0.2, 0.25) is 0 Å². The number of hydrogen-bond acceptors (Lipinski definition) is 4. The fraction of sp³-hybridized carbons (Fsp3) is 0.300. The van der Waals surface area contributed by atoms with E-state index in [-0.39, 0.29) is 11.4 Å². The molecule has 2 heterocycles. The van der Waals surface area contributed by atoms with Crippen molar-refractivity contribution < 1.29 is 17.7 Å². The highest BCUT2D eigenvalue weighted by Crippen LogP contribution is 2.39. The Bertz CT molecular complexity index is 538. The number of aromatic nitrogens is 3. The highest BCUT2D eigenvalue weighted by Gasteiger charge is 2.38. The lowest BCUT2D eigenvalue weighted by Gasteiger charge is -2.13. The molecule has 4 nitrogen and oxygen atoms in total. The number of alkyl halides is 4. The lowest BCUT2D eigenvalue weighted by atomic mass is 10.2. The second-order valence-electron chi connectivity index (χ2n) is 3.52. The second kappa shape index (κ2) is 4.82. The summed E-state index contributed by atoms with van der Waals surface area (Å²) in [5, 5.41) is 3.64. The maximum Gasteiger partial charge on any atom is 0.404 e. The quantitative estimate of drug-likeness (QED) is 0.601. The Morgan fingerprint density at radius 1 is 1.33 bits per heavy atom. The number of rotatable bonds is 2. The van der Waals surface area contributed by atoms with E-state index in [0.29, 0.717) is 11.6 Å². The van der Waals surface area contributed by atoms with E-state index in [9.17, 15) is 13.2 Å². The van der Waals surface area contributed by atoms with E-state index in [2.05, 4.69) is 15.1 Å². The van der Waals surface area contributed by atoms with Crippen LogP contribution >= 0.6 is 22.6 Å². The molecular formula is C10H7F3IN3O. The molecule has 0 spiro atoms. The Morgan fingerprint density at radius 3 is 2.50 bits per heavy atom. The zero-order valence-electron chi connectivity index (χ0n) is 9.07. The Kier molecular flexibility index (Phi) is 3.55. The van der Waals surface area contributed by atoms with Crippen LogP contribution in [0.4, 0.5) is 13.2 Å². The Morgan fingerprint density at radius 2 is 2.06 bits per heavy atom. The van der Waals surface area contributed by atoms with E-state index < -0.39 is 10.1 Å². The van der Waals surface area contributed by atoms with Crippen molar-refractivity contribution in [3.63, 3.8) is 0 Å². The zero-order chi connectivity index (χ0) is 13.3. The number of nitrogens with zero attached hydrogens (tertiary/aromatic N) is 3. The second-order valence-corrected chi connectivity index (χ2v) is 4.76. The number of aryl methyl sites for hydroxylation is 1. The topological polar surface area (TPSA) is 51.8 Å². The molecule has 2 rings (SSSR count). The lowest BCUT2D eigenvalue weighted by Crippen LogP contribution is -2.15. The average molecular weight is 369 g/mol. The molecule has 96 valence electrons. The van der Waals surface area contributed by atoms with Crippen molar-refractivity contribution in [3.8, 4) is 11.5 Å². The predicted molar refractivity (Wildman–Crippen MR) is 65.1 cm³/mol. The van der Waals surface area contributed by atoms with Crippen molar-refractivity contribution >= 4 is 22.6 Å². The minimum atomic E-state index is -4.29. The first-order chi connectivity index (χ1) is 8.38. The summed E-state index contributed by atoms with van der Waals surface area (Å²) in [5.41, 5.74) is 0.466. The molecule has 0 amide bonds. The first-order valence-electron chi connectivity index (χ1n) is 4.85. The summed E-state index contributed by atoms with van der Waals surface area (Å²) in [7, 11) is 0. The molecule has 0 fully saturated rings. The molecule has 0 radical (unpaired) electrons. The number of hydrogen-bond donors (Lipinski definition) is 0. The highest BCUT2D eigenvalue weighted by atomic mass is 127. The van der Waals surface area contributed by atoms with Gasteiger partial charge in [-0.2, -0.15) is 18.2 Å². The van der Waals surface area contributed by atoms with Gasteiger partial charge < -0.3 is 4.52 Å². The Hall–Kier alpha value is -1.19. The molecule has 1 atom stereocenters. The SMILES string of the molecule is Cc1nc(-c2ccc(C(I)C(F)(F)F)cn2)no1. The molecule has 0 bridgehead atoms. The van der Waals surface area contributed by atoms with Gasteiger partial charge in [0.25, 0.3) is 0 Å². The maximum absolute atomic E-state index is 12.5. The molecule has 1 unspecified atom stereocenters. The fourth-order valence-electron chi connectivity index (χ4n) is 1.28. The van der Waals surface area contributed by atoms with Crippen LogP contribution in [-0.4, -0.2) is 21.3 Å². The van der Waals surface area contributed by atoms with Crippen molar-refractivity contribution in [1.29, 1.82) is 0 Å². The molecule has 0 aliphatic heterocycles. The van der Waals surface area contributed by atoms with Gasteiger partial charge in [0.05, 0.1) is 0 Å². The molecule has 0 N–H and O–H groups in total. The summed E-state index contributed by atoms with van der Waals surface area (Å²) < 4.78 is 40.6. The van der Waals surface area contributed by atoms with Gasteiger partial charge in [-0.3, -0.25) is 4.98 Å². The molecular weight excluding hydrogens is 362 g/mol. The van der Waals surface area contributed by atoms with E-state index >= 15 is 0 Å². The van der Waals surface area contributed by atoms with Crippen molar-refractivity contribution in [2.24, 2.45) is 0 Å². The molecule has 2 aromatic heterocycles. The van der Waals surface area contributed by atoms with E-state index in [1.807, 2.05) is 0 Å². The lowest BCUT2D eigenvalue weighted by molar-refractivity contribution is -0.125. The molecule has 0 saturated heterocycles. The summed E-state index contributed by atoms with van der Waals surface area (Å²) in [6.07, 6.45) is -3.11. The normalized spacial score (nSPS) is 13.6. The Balaban J connectivity index is 2.25.